The summed E-state index contributed by atoms with van der Waals surface area (Å²) in [7, 11) is 0. The number of carbonyl (C=O) groups is 2. The normalized spacial score (nSPS) is 13.6. The van der Waals surface area contributed by atoms with Crippen LogP contribution in [0.3, 0.4) is 0 Å². The van der Waals surface area contributed by atoms with Gasteiger partial charge in [0.05, 0.1) is 11.3 Å². The monoisotopic (exact) mass is 354 g/mol. The molecule has 6 nitrogen and oxygen atoms in total. The van der Waals surface area contributed by atoms with E-state index in [9.17, 15) is 9.59 Å². The van der Waals surface area contributed by atoms with E-state index in [0.29, 0.717) is 27.6 Å². The Morgan fingerprint density at radius 2 is 2.08 bits per heavy atom. The van der Waals surface area contributed by atoms with Gasteiger partial charge in [0, 0.05) is 11.1 Å². The molecule has 2 amide bonds. The van der Waals surface area contributed by atoms with Crippen molar-refractivity contribution in [3.8, 4) is 0 Å². The lowest BCUT2D eigenvalue weighted by Gasteiger charge is -2.11. The first kappa shape index (κ1) is 15.8. The minimum atomic E-state index is -0.482. The molecule has 1 aliphatic rings. The van der Waals surface area contributed by atoms with Crippen LogP contribution in [0.5, 0.6) is 0 Å². The number of fused-ring (bicyclic) bond motifs is 2. The zero-order valence-corrected chi connectivity index (χ0v) is 14.7. The Morgan fingerprint density at radius 1 is 1.28 bits per heavy atom. The summed E-state index contributed by atoms with van der Waals surface area (Å²) in [6.07, 6.45) is 5.73. The van der Waals surface area contributed by atoms with E-state index in [-0.39, 0.29) is 5.91 Å². The zero-order valence-electron chi connectivity index (χ0n) is 13.8. The number of thiophene rings is 1. The molecular formula is C18H18N4O2S. The van der Waals surface area contributed by atoms with Gasteiger partial charge in [-0.15, -0.1) is 11.3 Å². The Bertz CT molecular complexity index is 1000. The van der Waals surface area contributed by atoms with Gasteiger partial charge < -0.3 is 11.1 Å². The predicted octanol–water partition coefficient (Wildman–Crippen LogP) is 2.93. The molecule has 0 aromatic carbocycles. The number of nitrogens with one attached hydrogen (secondary N) is 1. The number of nitrogens with two attached hydrogens (primary N) is 1. The molecule has 4 rings (SSSR count). The third-order valence-electron chi connectivity index (χ3n) is 4.56. The smallest absolute Gasteiger partial charge is 0.275 e. The molecule has 0 radical (unpaired) electrons. The van der Waals surface area contributed by atoms with Crippen molar-refractivity contribution in [1.29, 1.82) is 0 Å². The van der Waals surface area contributed by atoms with Crippen LogP contribution in [-0.2, 0) is 12.8 Å². The van der Waals surface area contributed by atoms with Gasteiger partial charge in [0.25, 0.3) is 11.8 Å². The predicted molar refractivity (Wildman–Crippen MR) is 97.4 cm³/mol. The van der Waals surface area contributed by atoms with E-state index in [0.717, 1.165) is 36.1 Å². The second kappa shape index (κ2) is 6.00. The largest absolute Gasteiger partial charge is 0.365 e. The Hall–Kier alpha value is -2.67. The molecule has 3 aromatic rings. The van der Waals surface area contributed by atoms with E-state index in [1.807, 2.05) is 18.2 Å². The molecule has 128 valence electrons. The van der Waals surface area contributed by atoms with Crippen LogP contribution in [-0.4, -0.2) is 21.2 Å². The van der Waals surface area contributed by atoms with E-state index in [4.69, 9.17) is 5.73 Å². The fourth-order valence-electron chi connectivity index (χ4n) is 3.46. The third-order valence-corrected chi connectivity index (χ3v) is 5.77. The first-order chi connectivity index (χ1) is 12.1. The highest BCUT2D eigenvalue weighted by atomic mass is 32.1. The Labute approximate surface area is 148 Å². The number of rotatable bonds is 3. The summed E-state index contributed by atoms with van der Waals surface area (Å²) in [5.74, 6) is -0.762. The molecule has 0 saturated heterocycles. The molecule has 3 aromatic heterocycles. The number of pyridine rings is 1. The van der Waals surface area contributed by atoms with Gasteiger partial charge in [-0.3, -0.25) is 14.0 Å². The fraction of sp³-hybridized carbons (Fsp3) is 0.278. The van der Waals surface area contributed by atoms with Crippen LogP contribution in [0.1, 0.15) is 49.8 Å². The van der Waals surface area contributed by atoms with Gasteiger partial charge >= 0.3 is 0 Å². The number of anilines is 1. The van der Waals surface area contributed by atoms with E-state index < -0.39 is 5.91 Å². The lowest BCUT2D eigenvalue weighted by Crippen LogP contribution is -2.20. The molecule has 3 N–H and O–H groups in total. The minimum absolute atomic E-state index is 0.280. The quantitative estimate of drug-likeness (QED) is 0.758. The molecule has 0 atom stereocenters. The molecule has 7 heteroatoms. The van der Waals surface area contributed by atoms with Gasteiger partial charge in [0.15, 0.2) is 0 Å². The number of carbonyl (C=O) groups excluding carboxylic acids is 2. The second-order valence-electron chi connectivity index (χ2n) is 6.21. The van der Waals surface area contributed by atoms with Crippen LogP contribution in [0.2, 0.25) is 0 Å². The van der Waals surface area contributed by atoms with E-state index in [1.54, 1.807) is 17.5 Å². The lowest BCUT2D eigenvalue weighted by atomic mass is 9.95. The van der Waals surface area contributed by atoms with E-state index >= 15 is 0 Å². The highest BCUT2D eigenvalue weighted by Crippen LogP contribution is 2.38. The molecule has 0 spiro atoms. The van der Waals surface area contributed by atoms with Crippen molar-refractivity contribution in [2.24, 2.45) is 5.73 Å². The van der Waals surface area contributed by atoms with Crippen LogP contribution in [0.15, 0.2) is 24.4 Å². The van der Waals surface area contributed by atoms with E-state index in [1.165, 1.54) is 11.3 Å². The molecule has 3 heterocycles. The molecule has 0 unspecified atom stereocenters. The fourth-order valence-corrected chi connectivity index (χ4v) is 4.75. The van der Waals surface area contributed by atoms with Crippen molar-refractivity contribution in [3.05, 3.63) is 51.8 Å². The Balaban J connectivity index is 1.75. The summed E-state index contributed by atoms with van der Waals surface area (Å²) in [5.41, 5.74) is 8.90. The second-order valence-corrected chi connectivity index (χ2v) is 7.31. The average molecular weight is 354 g/mol. The number of imidazole rings is 1. The van der Waals surface area contributed by atoms with Crippen molar-refractivity contribution in [2.45, 2.75) is 32.6 Å². The van der Waals surface area contributed by atoms with Crippen molar-refractivity contribution in [3.63, 3.8) is 0 Å². The molecule has 25 heavy (non-hydrogen) atoms. The number of nitrogens with zero attached hydrogens (tertiary/aromatic N) is 2. The molecule has 0 fully saturated rings. The van der Waals surface area contributed by atoms with Gasteiger partial charge in [-0.25, -0.2) is 4.98 Å². The molecule has 0 bridgehead atoms. The van der Waals surface area contributed by atoms with Crippen LogP contribution >= 0.6 is 11.3 Å². The number of aromatic nitrogens is 2. The standard InChI is InChI=1S/C18H18N4O2S/c1-10-15(22-9-5-4-8-13(22)20-10)17(24)21-18-14(16(19)23)11-6-2-3-7-12(11)25-18/h4-5,8-9H,2-3,6-7H2,1H3,(H2,19,23)(H,21,24). The van der Waals surface area contributed by atoms with Crippen LogP contribution in [0.25, 0.3) is 5.65 Å². The molecule has 0 aliphatic heterocycles. The molecule has 1 aliphatic carbocycles. The minimum Gasteiger partial charge on any atom is -0.365 e. The van der Waals surface area contributed by atoms with Gasteiger partial charge in [-0.05, 0) is 50.3 Å². The summed E-state index contributed by atoms with van der Waals surface area (Å²) in [5, 5.41) is 3.45. The average Bonchev–Trinajstić information content (AvgIpc) is 3.10. The van der Waals surface area contributed by atoms with Gasteiger partial charge in [-0.1, -0.05) is 6.07 Å². The van der Waals surface area contributed by atoms with Gasteiger partial charge in [0.2, 0.25) is 0 Å². The summed E-state index contributed by atoms with van der Waals surface area (Å²) in [4.78, 5) is 30.4. The lowest BCUT2D eigenvalue weighted by molar-refractivity contribution is 0.100. The van der Waals surface area contributed by atoms with Crippen LogP contribution in [0, 0.1) is 6.92 Å². The maximum absolute atomic E-state index is 12.9. The maximum Gasteiger partial charge on any atom is 0.275 e. The summed E-state index contributed by atoms with van der Waals surface area (Å²) < 4.78 is 1.75. The van der Waals surface area contributed by atoms with Gasteiger partial charge in [-0.2, -0.15) is 0 Å². The van der Waals surface area contributed by atoms with Crippen LogP contribution < -0.4 is 11.1 Å². The van der Waals surface area contributed by atoms with Crippen molar-refractivity contribution >= 4 is 33.8 Å². The first-order valence-electron chi connectivity index (χ1n) is 8.25. The number of hydrogen-bond acceptors (Lipinski definition) is 4. The zero-order chi connectivity index (χ0) is 17.6. The Morgan fingerprint density at radius 3 is 2.88 bits per heavy atom. The maximum atomic E-state index is 12.9. The summed E-state index contributed by atoms with van der Waals surface area (Å²) in [6.45, 7) is 1.80. The number of primary amides is 1. The number of hydrogen-bond donors (Lipinski definition) is 2. The summed E-state index contributed by atoms with van der Waals surface area (Å²) in [6, 6.07) is 5.58. The SMILES string of the molecule is Cc1nc2ccccn2c1C(=O)Nc1sc2c(c1C(N)=O)CCCC2. The van der Waals surface area contributed by atoms with Crippen molar-refractivity contribution in [1.82, 2.24) is 9.38 Å². The van der Waals surface area contributed by atoms with Gasteiger partial charge in [0.1, 0.15) is 16.3 Å². The topological polar surface area (TPSA) is 89.5 Å². The molecular weight excluding hydrogens is 336 g/mol. The van der Waals surface area contributed by atoms with Crippen molar-refractivity contribution < 1.29 is 9.59 Å². The van der Waals surface area contributed by atoms with E-state index in [2.05, 4.69) is 10.3 Å². The Kier molecular flexibility index (Phi) is 3.80. The highest BCUT2D eigenvalue weighted by Gasteiger charge is 2.26. The highest BCUT2D eigenvalue weighted by molar-refractivity contribution is 7.17. The third kappa shape index (κ3) is 2.60. The first-order valence-corrected chi connectivity index (χ1v) is 9.07. The van der Waals surface area contributed by atoms with Crippen LogP contribution in [0.4, 0.5) is 5.00 Å². The summed E-state index contributed by atoms with van der Waals surface area (Å²) >= 11 is 1.46. The molecule has 0 saturated carbocycles. The van der Waals surface area contributed by atoms with Crippen molar-refractivity contribution in [2.75, 3.05) is 5.32 Å². The number of aryl methyl sites for hydroxylation is 2. The number of amides is 2.